The van der Waals surface area contributed by atoms with E-state index in [-0.39, 0.29) is 5.71 Å². The van der Waals surface area contributed by atoms with Gasteiger partial charge < -0.3 is 14.9 Å². The molecule has 15 heavy (non-hydrogen) atoms. The van der Waals surface area contributed by atoms with Gasteiger partial charge in [0.25, 0.3) is 0 Å². The molecule has 5 nitrogen and oxygen atoms in total. The van der Waals surface area contributed by atoms with Crippen molar-refractivity contribution in [2.45, 2.75) is 6.92 Å². The monoisotopic (exact) mass is 230 g/mol. The fourth-order valence-electron chi connectivity index (χ4n) is 1.06. The SMILES string of the molecule is CCOC(=O)/C(=N\OC)C1=CSCCN1. The number of rotatable bonds is 4. The zero-order chi connectivity index (χ0) is 11.1. The van der Waals surface area contributed by atoms with Crippen LogP contribution in [0.2, 0.25) is 0 Å². The predicted octanol–water partition coefficient (Wildman–Crippen LogP) is 0.730. The molecule has 0 fully saturated rings. The third-order valence-corrected chi connectivity index (χ3v) is 2.49. The number of nitrogens with zero attached hydrogens (tertiary/aromatic N) is 1. The van der Waals surface area contributed by atoms with Gasteiger partial charge in [-0.3, -0.25) is 0 Å². The summed E-state index contributed by atoms with van der Waals surface area (Å²) in [6.45, 7) is 2.88. The summed E-state index contributed by atoms with van der Waals surface area (Å²) in [7, 11) is 1.40. The maximum absolute atomic E-state index is 11.5. The highest BCUT2D eigenvalue weighted by atomic mass is 32.2. The molecule has 0 bridgehead atoms. The van der Waals surface area contributed by atoms with E-state index < -0.39 is 5.97 Å². The number of carbonyl (C=O) groups excluding carboxylic acids is 1. The van der Waals surface area contributed by atoms with Crippen molar-refractivity contribution in [3.05, 3.63) is 11.1 Å². The van der Waals surface area contributed by atoms with Gasteiger partial charge in [0.1, 0.15) is 7.11 Å². The highest BCUT2D eigenvalue weighted by Gasteiger charge is 2.20. The Morgan fingerprint density at radius 2 is 2.53 bits per heavy atom. The van der Waals surface area contributed by atoms with Gasteiger partial charge in [0.2, 0.25) is 5.71 Å². The first-order valence-corrected chi connectivity index (χ1v) is 5.68. The number of nitrogens with one attached hydrogen (secondary N) is 1. The van der Waals surface area contributed by atoms with Gasteiger partial charge in [-0.1, -0.05) is 5.16 Å². The van der Waals surface area contributed by atoms with Crippen molar-refractivity contribution in [1.82, 2.24) is 5.32 Å². The van der Waals surface area contributed by atoms with Crippen LogP contribution >= 0.6 is 11.8 Å². The first-order chi connectivity index (χ1) is 7.29. The summed E-state index contributed by atoms with van der Waals surface area (Å²) in [5, 5.41) is 8.58. The van der Waals surface area contributed by atoms with Gasteiger partial charge in [0.15, 0.2) is 0 Å². The Hall–Kier alpha value is -1.17. The van der Waals surface area contributed by atoms with E-state index in [2.05, 4.69) is 15.3 Å². The molecule has 0 aliphatic carbocycles. The molecular formula is C9H14N2O3S. The number of hydrogen-bond acceptors (Lipinski definition) is 6. The number of oxime groups is 1. The van der Waals surface area contributed by atoms with Crippen LogP contribution in [0.3, 0.4) is 0 Å². The molecule has 0 aromatic rings. The Labute approximate surface area is 92.9 Å². The highest BCUT2D eigenvalue weighted by Crippen LogP contribution is 2.12. The molecule has 1 heterocycles. The summed E-state index contributed by atoms with van der Waals surface area (Å²) < 4.78 is 4.87. The van der Waals surface area contributed by atoms with Crippen LogP contribution in [0.1, 0.15) is 6.92 Å². The maximum atomic E-state index is 11.5. The molecule has 0 saturated carbocycles. The third-order valence-electron chi connectivity index (χ3n) is 1.64. The summed E-state index contributed by atoms with van der Waals surface area (Å²) in [6.07, 6.45) is 0. The second-order valence-corrected chi connectivity index (χ2v) is 3.65. The van der Waals surface area contributed by atoms with E-state index in [1.165, 1.54) is 7.11 Å². The van der Waals surface area contributed by atoms with Gasteiger partial charge in [0, 0.05) is 12.3 Å². The summed E-state index contributed by atoms with van der Waals surface area (Å²) in [4.78, 5) is 16.1. The van der Waals surface area contributed by atoms with Crippen molar-refractivity contribution in [3.63, 3.8) is 0 Å². The second kappa shape index (κ2) is 6.34. The number of carbonyl (C=O) groups is 1. The maximum Gasteiger partial charge on any atom is 0.362 e. The Kier molecular flexibility index (Phi) is 5.03. The fourth-order valence-corrected chi connectivity index (χ4v) is 1.75. The van der Waals surface area contributed by atoms with Gasteiger partial charge in [-0.2, -0.15) is 0 Å². The van der Waals surface area contributed by atoms with Crippen LogP contribution in [0, 0.1) is 0 Å². The molecule has 0 saturated heterocycles. The smallest absolute Gasteiger partial charge is 0.362 e. The minimum Gasteiger partial charge on any atom is -0.461 e. The molecule has 0 atom stereocenters. The van der Waals surface area contributed by atoms with Crippen molar-refractivity contribution < 1.29 is 14.4 Å². The van der Waals surface area contributed by atoms with Gasteiger partial charge in [-0.15, -0.1) is 11.8 Å². The van der Waals surface area contributed by atoms with Crippen LogP contribution in [-0.2, 0) is 14.4 Å². The van der Waals surface area contributed by atoms with Crippen LogP contribution < -0.4 is 5.32 Å². The van der Waals surface area contributed by atoms with Crippen molar-refractivity contribution in [1.29, 1.82) is 0 Å². The number of thioether (sulfide) groups is 1. The highest BCUT2D eigenvalue weighted by molar-refractivity contribution is 8.02. The number of ether oxygens (including phenoxy) is 1. The number of esters is 1. The molecular weight excluding hydrogens is 216 g/mol. The van der Waals surface area contributed by atoms with Crippen molar-refractivity contribution in [3.8, 4) is 0 Å². The fraction of sp³-hybridized carbons (Fsp3) is 0.556. The average Bonchev–Trinajstić information content (AvgIpc) is 2.27. The van der Waals surface area contributed by atoms with Crippen LogP contribution in [0.25, 0.3) is 0 Å². The lowest BCUT2D eigenvalue weighted by Gasteiger charge is -2.15. The number of hydrogen-bond donors (Lipinski definition) is 1. The lowest BCUT2D eigenvalue weighted by atomic mass is 10.3. The average molecular weight is 230 g/mol. The van der Waals surface area contributed by atoms with Gasteiger partial charge in [0.05, 0.1) is 12.3 Å². The predicted molar refractivity (Wildman–Crippen MR) is 59.6 cm³/mol. The van der Waals surface area contributed by atoms with E-state index in [1.807, 2.05) is 5.41 Å². The summed E-state index contributed by atoms with van der Waals surface area (Å²) >= 11 is 1.62. The second-order valence-electron chi connectivity index (χ2n) is 2.67. The molecule has 0 amide bonds. The van der Waals surface area contributed by atoms with E-state index in [1.54, 1.807) is 18.7 Å². The molecule has 84 valence electrons. The molecule has 1 aliphatic heterocycles. The quantitative estimate of drug-likeness (QED) is 0.438. The Morgan fingerprint density at radius 3 is 3.07 bits per heavy atom. The van der Waals surface area contributed by atoms with Crippen molar-refractivity contribution in [2.24, 2.45) is 5.16 Å². The van der Waals surface area contributed by atoms with E-state index >= 15 is 0 Å². The normalized spacial score (nSPS) is 16.4. The molecule has 1 rings (SSSR count). The zero-order valence-electron chi connectivity index (χ0n) is 8.78. The first-order valence-electron chi connectivity index (χ1n) is 4.64. The standard InChI is InChI=1S/C9H14N2O3S/c1-3-14-9(12)8(11-13-2)7-6-15-5-4-10-7/h6,10H,3-5H2,1-2H3/b11-8-. The first kappa shape index (κ1) is 11.9. The minimum atomic E-state index is -0.472. The zero-order valence-corrected chi connectivity index (χ0v) is 9.60. The van der Waals surface area contributed by atoms with Crippen molar-refractivity contribution >= 4 is 23.4 Å². The molecule has 0 radical (unpaired) electrons. The molecule has 6 heteroatoms. The van der Waals surface area contributed by atoms with Crippen LogP contribution in [0.4, 0.5) is 0 Å². The van der Waals surface area contributed by atoms with E-state index in [0.29, 0.717) is 12.3 Å². The summed E-state index contributed by atoms with van der Waals surface area (Å²) in [5.74, 6) is 0.507. The van der Waals surface area contributed by atoms with Crippen molar-refractivity contribution in [2.75, 3.05) is 26.0 Å². The third kappa shape index (κ3) is 3.47. The van der Waals surface area contributed by atoms with E-state index in [0.717, 1.165) is 12.3 Å². The van der Waals surface area contributed by atoms with Crippen LogP contribution in [-0.4, -0.2) is 37.7 Å². The summed E-state index contributed by atoms with van der Waals surface area (Å²) in [6, 6.07) is 0. The molecule has 0 unspecified atom stereocenters. The topological polar surface area (TPSA) is 59.9 Å². The molecule has 0 aromatic carbocycles. The van der Waals surface area contributed by atoms with Crippen LogP contribution in [0.5, 0.6) is 0 Å². The van der Waals surface area contributed by atoms with Gasteiger partial charge in [-0.25, -0.2) is 4.79 Å². The molecule has 0 aromatic heterocycles. The van der Waals surface area contributed by atoms with E-state index in [4.69, 9.17) is 4.74 Å². The van der Waals surface area contributed by atoms with E-state index in [9.17, 15) is 4.79 Å². The lowest BCUT2D eigenvalue weighted by molar-refractivity contribution is -0.135. The lowest BCUT2D eigenvalue weighted by Crippen LogP contribution is -2.31. The minimum absolute atomic E-state index is 0.187. The molecule has 1 aliphatic rings. The molecule has 0 spiro atoms. The Balaban J connectivity index is 2.77. The molecule has 1 N–H and O–H groups in total. The Morgan fingerprint density at radius 1 is 1.73 bits per heavy atom. The van der Waals surface area contributed by atoms with Crippen LogP contribution in [0.15, 0.2) is 16.3 Å². The summed E-state index contributed by atoms with van der Waals surface area (Å²) in [5.41, 5.74) is 0.845. The largest absolute Gasteiger partial charge is 0.461 e. The van der Waals surface area contributed by atoms with Gasteiger partial charge >= 0.3 is 5.97 Å². The Bertz CT molecular complexity index is 289. The van der Waals surface area contributed by atoms with Gasteiger partial charge in [-0.05, 0) is 12.3 Å².